The van der Waals surface area contributed by atoms with Crippen LogP contribution in [0.2, 0.25) is 0 Å². The lowest BCUT2D eigenvalue weighted by Gasteiger charge is -2.12. The number of hydrogen-bond donors (Lipinski definition) is 2. The highest BCUT2D eigenvalue weighted by Gasteiger charge is 2.17. The molecule has 0 fully saturated rings. The molecule has 2 N–H and O–H groups in total. The van der Waals surface area contributed by atoms with E-state index in [1.807, 2.05) is 33.0 Å². The summed E-state index contributed by atoms with van der Waals surface area (Å²) in [7, 11) is 5.19. The minimum atomic E-state index is 0.779. The molecule has 0 amide bonds. The number of anilines is 1. The summed E-state index contributed by atoms with van der Waals surface area (Å²) in [5, 5.41) is 10.5. The first-order valence-electron chi connectivity index (χ1n) is 6.08. The van der Waals surface area contributed by atoms with Gasteiger partial charge in [0.15, 0.2) is 0 Å². The topological polar surface area (TPSA) is 59.2 Å². The van der Waals surface area contributed by atoms with Crippen LogP contribution in [-0.2, 0) is 0 Å². The maximum Gasteiger partial charge on any atom is 0.128 e. The molecule has 19 heavy (non-hydrogen) atoms. The average molecular weight is 261 g/mol. The van der Waals surface area contributed by atoms with Crippen molar-refractivity contribution in [3.8, 4) is 22.8 Å². The van der Waals surface area contributed by atoms with E-state index in [-0.39, 0.29) is 0 Å². The van der Waals surface area contributed by atoms with Crippen LogP contribution >= 0.6 is 0 Å². The fourth-order valence-electron chi connectivity index (χ4n) is 2.17. The zero-order valence-electron chi connectivity index (χ0n) is 11.9. The largest absolute Gasteiger partial charge is 0.496 e. The van der Waals surface area contributed by atoms with Gasteiger partial charge in [0.2, 0.25) is 0 Å². The Kier molecular flexibility index (Phi) is 3.64. The van der Waals surface area contributed by atoms with Crippen LogP contribution in [0.15, 0.2) is 12.1 Å². The van der Waals surface area contributed by atoms with E-state index in [0.29, 0.717) is 0 Å². The number of benzene rings is 1. The average Bonchev–Trinajstić information content (AvgIpc) is 2.79. The Balaban J connectivity index is 2.66. The van der Waals surface area contributed by atoms with Crippen molar-refractivity contribution in [2.75, 3.05) is 26.6 Å². The first-order valence-corrected chi connectivity index (χ1v) is 6.08. The Morgan fingerprint density at radius 2 is 1.79 bits per heavy atom. The van der Waals surface area contributed by atoms with Gasteiger partial charge >= 0.3 is 0 Å². The molecule has 1 heterocycles. The number of H-pyrrole nitrogens is 1. The van der Waals surface area contributed by atoms with Crippen LogP contribution in [0.4, 0.5) is 5.69 Å². The lowest BCUT2D eigenvalue weighted by Crippen LogP contribution is -1.96. The maximum atomic E-state index is 5.45. The van der Waals surface area contributed by atoms with Crippen LogP contribution in [0.25, 0.3) is 11.3 Å². The number of nitrogens with one attached hydrogen (secondary N) is 2. The molecule has 0 spiro atoms. The lowest BCUT2D eigenvalue weighted by molar-refractivity contribution is 0.401. The number of aromatic nitrogens is 2. The Hall–Kier alpha value is -2.17. The van der Waals surface area contributed by atoms with Crippen molar-refractivity contribution in [2.45, 2.75) is 13.8 Å². The van der Waals surface area contributed by atoms with Crippen LogP contribution in [0, 0.1) is 13.8 Å². The normalized spacial score (nSPS) is 10.4. The third-order valence-corrected chi connectivity index (χ3v) is 3.17. The van der Waals surface area contributed by atoms with Gasteiger partial charge in [-0.1, -0.05) is 0 Å². The molecular weight excluding hydrogens is 242 g/mol. The minimum absolute atomic E-state index is 0.779. The Morgan fingerprint density at radius 1 is 1.11 bits per heavy atom. The first kappa shape index (κ1) is 13.3. The minimum Gasteiger partial charge on any atom is -0.496 e. The summed E-state index contributed by atoms with van der Waals surface area (Å²) in [6, 6.07) is 3.90. The molecule has 102 valence electrons. The highest BCUT2D eigenvalue weighted by atomic mass is 16.5. The molecule has 0 unspecified atom stereocenters. The van der Waals surface area contributed by atoms with Gasteiger partial charge in [-0.15, -0.1) is 0 Å². The van der Waals surface area contributed by atoms with E-state index < -0.39 is 0 Å². The molecule has 0 aliphatic carbocycles. The van der Waals surface area contributed by atoms with Gasteiger partial charge in [-0.05, 0) is 31.5 Å². The number of hydrogen-bond acceptors (Lipinski definition) is 4. The molecule has 2 rings (SSSR count). The van der Waals surface area contributed by atoms with Gasteiger partial charge in [-0.3, -0.25) is 5.10 Å². The zero-order chi connectivity index (χ0) is 14.0. The number of aryl methyl sites for hydroxylation is 2. The van der Waals surface area contributed by atoms with E-state index >= 15 is 0 Å². The van der Waals surface area contributed by atoms with Gasteiger partial charge < -0.3 is 14.8 Å². The van der Waals surface area contributed by atoms with Crippen LogP contribution < -0.4 is 14.8 Å². The summed E-state index contributed by atoms with van der Waals surface area (Å²) in [5.74, 6) is 1.60. The molecule has 5 heteroatoms. The summed E-state index contributed by atoms with van der Waals surface area (Å²) in [6.07, 6.45) is 0. The second kappa shape index (κ2) is 5.22. The number of ether oxygens (including phenoxy) is 2. The van der Waals surface area contributed by atoms with Crippen molar-refractivity contribution in [1.82, 2.24) is 10.2 Å². The summed E-state index contributed by atoms with van der Waals surface area (Å²) < 4.78 is 10.8. The first-order chi connectivity index (χ1) is 9.12. The fraction of sp³-hybridized carbons (Fsp3) is 0.357. The SMILES string of the molecule is CNc1c(-c2cc(OC)c(C)cc2OC)n[nH]c1C. The molecule has 2 aromatic rings. The summed E-state index contributed by atoms with van der Waals surface area (Å²) in [5.41, 5.74) is 4.71. The lowest BCUT2D eigenvalue weighted by atomic mass is 10.1. The number of aromatic amines is 1. The second-order valence-corrected chi connectivity index (χ2v) is 4.34. The van der Waals surface area contributed by atoms with E-state index in [4.69, 9.17) is 9.47 Å². The van der Waals surface area contributed by atoms with Crippen molar-refractivity contribution in [3.63, 3.8) is 0 Å². The smallest absolute Gasteiger partial charge is 0.128 e. The van der Waals surface area contributed by atoms with Gasteiger partial charge in [0.1, 0.15) is 17.2 Å². The van der Waals surface area contributed by atoms with Gasteiger partial charge in [0.05, 0.1) is 25.6 Å². The van der Waals surface area contributed by atoms with Crippen LogP contribution in [0.1, 0.15) is 11.3 Å². The standard InChI is InChI=1S/C14H19N3O2/c1-8-6-12(19-5)10(7-11(8)18-4)14-13(15-3)9(2)16-17-14/h6-7,15H,1-5H3,(H,16,17). The summed E-state index contributed by atoms with van der Waals surface area (Å²) >= 11 is 0. The highest BCUT2D eigenvalue weighted by molar-refractivity contribution is 5.81. The molecule has 1 aromatic heterocycles. The zero-order valence-corrected chi connectivity index (χ0v) is 11.9. The van der Waals surface area contributed by atoms with E-state index in [0.717, 1.165) is 39.7 Å². The van der Waals surface area contributed by atoms with Gasteiger partial charge in [-0.2, -0.15) is 5.10 Å². The summed E-state index contributed by atoms with van der Waals surface area (Å²) in [4.78, 5) is 0. The van der Waals surface area contributed by atoms with Crippen molar-refractivity contribution in [2.24, 2.45) is 0 Å². The van der Waals surface area contributed by atoms with Gasteiger partial charge in [-0.25, -0.2) is 0 Å². The van der Waals surface area contributed by atoms with Gasteiger partial charge in [0.25, 0.3) is 0 Å². The third-order valence-electron chi connectivity index (χ3n) is 3.17. The molecule has 0 aliphatic rings. The predicted molar refractivity (Wildman–Crippen MR) is 76.1 cm³/mol. The monoisotopic (exact) mass is 261 g/mol. The van der Waals surface area contributed by atoms with Crippen molar-refractivity contribution in [3.05, 3.63) is 23.4 Å². The fourth-order valence-corrected chi connectivity index (χ4v) is 2.17. The van der Waals surface area contributed by atoms with Crippen LogP contribution in [0.3, 0.4) is 0 Å². The Labute approximate surface area is 112 Å². The molecule has 5 nitrogen and oxygen atoms in total. The molecule has 0 aliphatic heterocycles. The third kappa shape index (κ3) is 2.23. The van der Waals surface area contributed by atoms with Gasteiger partial charge in [0, 0.05) is 12.6 Å². The van der Waals surface area contributed by atoms with Crippen LogP contribution in [-0.4, -0.2) is 31.5 Å². The molecule has 0 saturated carbocycles. The van der Waals surface area contributed by atoms with E-state index in [9.17, 15) is 0 Å². The molecular formula is C14H19N3O2. The Morgan fingerprint density at radius 3 is 2.37 bits per heavy atom. The van der Waals surface area contributed by atoms with Crippen LogP contribution in [0.5, 0.6) is 11.5 Å². The maximum absolute atomic E-state index is 5.45. The Bertz CT molecular complexity index is 591. The number of rotatable bonds is 4. The molecule has 0 bridgehead atoms. The highest BCUT2D eigenvalue weighted by Crippen LogP contribution is 2.38. The van der Waals surface area contributed by atoms with Crippen molar-refractivity contribution in [1.29, 1.82) is 0 Å². The molecule has 0 atom stereocenters. The quantitative estimate of drug-likeness (QED) is 0.888. The number of methoxy groups -OCH3 is 2. The van der Waals surface area contributed by atoms with Crippen molar-refractivity contribution < 1.29 is 9.47 Å². The van der Waals surface area contributed by atoms with Crippen molar-refractivity contribution >= 4 is 5.69 Å². The number of nitrogens with zero attached hydrogens (tertiary/aromatic N) is 1. The molecule has 1 aromatic carbocycles. The predicted octanol–water partition coefficient (Wildman–Crippen LogP) is 2.75. The molecule has 0 saturated heterocycles. The van der Waals surface area contributed by atoms with E-state index in [1.54, 1.807) is 14.2 Å². The second-order valence-electron chi connectivity index (χ2n) is 4.34. The van der Waals surface area contributed by atoms with E-state index in [1.165, 1.54) is 0 Å². The molecule has 0 radical (unpaired) electrons. The summed E-state index contributed by atoms with van der Waals surface area (Å²) in [6.45, 7) is 3.96. The van der Waals surface area contributed by atoms with E-state index in [2.05, 4.69) is 15.5 Å².